The van der Waals surface area contributed by atoms with E-state index < -0.39 is 23.7 Å². The highest BCUT2D eigenvalue weighted by Gasteiger charge is 2.37. The lowest BCUT2D eigenvalue weighted by atomic mass is 10.0. The van der Waals surface area contributed by atoms with E-state index in [1.165, 1.54) is 35.0 Å². The summed E-state index contributed by atoms with van der Waals surface area (Å²) >= 11 is 0. The third-order valence-electron chi connectivity index (χ3n) is 7.41. The largest absolute Gasteiger partial charge is 0.480 e. The predicted octanol–water partition coefficient (Wildman–Crippen LogP) is 5.16. The second kappa shape index (κ2) is 9.93. The summed E-state index contributed by atoms with van der Waals surface area (Å²) in [5, 5.41) is 4.65. The number of carbonyl (C=O) groups is 1. The first-order valence-electron chi connectivity index (χ1n) is 13.2. The fraction of sp³-hybridized carbons (Fsp3) is 0.407. The first-order chi connectivity index (χ1) is 19.6. The van der Waals surface area contributed by atoms with Crippen LogP contribution in [0.4, 0.5) is 23.5 Å². The molecule has 1 saturated carbocycles. The summed E-state index contributed by atoms with van der Waals surface area (Å²) in [6.45, 7) is 3.87. The molecule has 0 saturated heterocycles. The number of halogens is 4. The molecule has 1 aromatic carbocycles. The maximum Gasteiger partial charge on any atom is 0.434 e. The van der Waals surface area contributed by atoms with Gasteiger partial charge in [0.2, 0.25) is 17.7 Å². The van der Waals surface area contributed by atoms with Gasteiger partial charge in [-0.1, -0.05) is 6.07 Å². The van der Waals surface area contributed by atoms with Crippen LogP contribution >= 0.6 is 0 Å². The van der Waals surface area contributed by atoms with E-state index in [0.29, 0.717) is 29.4 Å². The maximum absolute atomic E-state index is 15.4. The van der Waals surface area contributed by atoms with Crippen LogP contribution in [0.1, 0.15) is 62.0 Å². The third-order valence-corrected chi connectivity index (χ3v) is 7.41. The van der Waals surface area contributed by atoms with E-state index in [1.54, 1.807) is 24.6 Å². The molecule has 0 bridgehead atoms. The van der Waals surface area contributed by atoms with Gasteiger partial charge in [-0.2, -0.15) is 18.2 Å². The zero-order chi connectivity index (χ0) is 29.1. The highest BCUT2D eigenvalue weighted by atomic mass is 19.4. The Labute approximate surface area is 232 Å². The molecule has 2 aliphatic rings. The fourth-order valence-corrected chi connectivity index (χ4v) is 5.13. The summed E-state index contributed by atoms with van der Waals surface area (Å²) in [4.78, 5) is 31.6. The van der Waals surface area contributed by atoms with E-state index in [4.69, 9.17) is 9.72 Å². The van der Waals surface area contributed by atoms with Crippen molar-refractivity contribution in [3.05, 3.63) is 53.5 Å². The standard InChI is InChI=1S/C27H26F4N8O2/c1-4-37-12-19(27(29,30)31)34-24(37)17-8-7-16(11-18(17)28)14(2)39-20(40)9-10-38-26(39)35-23(36-38)21-22(15-5-6-15)32-13-33-25(21)41-3/h7-8,11-15H,4-6,9-10H2,1-3H3/t14-/m1/s1. The monoisotopic (exact) mass is 570 g/mol. The minimum absolute atomic E-state index is 0.0718. The van der Waals surface area contributed by atoms with Crippen molar-refractivity contribution in [3.8, 4) is 28.7 Å². The normalized spacial score (nSPS) is 16.2. The number of benzene rings is 1. The van der Waals surface area contributed by atoms with E-state index >= 15 is 4.39 Å². The van der Waals surface area contributed by atoms with E-state index in [2.05, 4.69) is 20.1 Å². The Hall–Kier alpha value is -4.36. The lowest BCUT2D eigenvalue weighted by molar-refractivity contribution is -0.140. The number of amides is 1. The van der Waals surface area contributed by atoms with Gasteiger partial charge in [-0.3, -0.25) is 9.69 Å². The van der Waals surface area contributed by atoms with Gasteiger partial charge in [-0.05, 0) is 44.4 Å². The lowest BCUT2D eigenvalue weighted by Gasteiger charge is -2.31. The van der Waals surface area contributed by atoms with Gasteiger partial charge in [-0.15, -0.1) is 5.10 Å². The number of hydrogen-bond acceptors (Lipinski definition) is 7. The Kier molecular flexibility index (Phi) is 6.50. The summed E-state index contributed by atoms with van der Waals surface area (Å²) in [6, 6.07) is 3.52. The summed E-state index contributed by atoms with van der Waals surface area (Å²) in [5.41, 5.74) is 0.646. The molecule has 0 radical (unpaired) electrons. The molecule has 3 aromatic heterocycles. The number of alkyl halides is 3. The van der Waals surface area contributed by atoms with Crippen LogP contribution in [0.5, 0.6) is 5.88 Å². The minimum Gasteiger partial charge on any atom is -0.480 e. The van der Waals surface area contributed by atoms with Crippen LogP contribution in [0, 0.1) is 5.82 Å². The van der Waals surface area contributed by atoms with Gasteiger partial charge in [0.05, 0.1) is 31.0 Å². The van der Waals surface area contributed by atoms with Crippen LogP contribution in [0.15, 0.2) is 30.7 Å². The number of ether oxygens (including phenoxy) is 1. The molecule has 41 heavy (non-hydrogen) atoms. The molecule has 14 heteroatoms. The number of methoxy groups -OCH3 is 1. The Morgan fingerprint density at radius 3 is 2.61 bits per heavy atom. The number of rotatable bonds is 7. The molecule has 4 heterocycles. The number of imidazole rings is 1. The zero-order valence-electron chi connectivity index (χ0n) is 22.5. The number of fused-ring (bicyclic) bond motifs is 1. The molecule has 0 N–H and O–H groups in total. The second-order valence-electron chi connectivity index (χ2n) is 10.0. The molecule has 1 fully saturated rings. The van der Waals surface area contributed by atoms with Crippen LogP contribution in [-0.4, -0.2) is 47.3 Å². The zero-order valence-corrected chi connectivity index (χ0v) is 22.5. The number of aryl methyl sites for hydroxylation is 2. The molecule has 0 unspecified atom stereocenters. The molecule has 0 spiro atoms. The smallest absolute Gasteiger partial charge is 0.434 e. The van der Waals surface area contributed by atoms with Crippen molar-refractivity contribution in [2.24, 2.45) is 0 Å². The van der Waals surface area contributed by atoms with Crippen molar-refractivity contribution in [1.29, 1.82) is 0 Å². The van der Waals surface area contributed by atoms with Crippen molar-refractivity contribution < 1.29 is 27.1 Å². The Bertz CT molecular complexity index is 1640. The van der Waals surface area contributed by atoms with Gasteiger partial charge in [0.25, 0.3) is 0 Å². The number of nitrogens with zero attached hydrogens (tertiary/aromatic N) is 8. The van der Waals surface area contributed by atoms with Gasteiger partial charge in [0, 0.05) is 25.1 Å². The summed E-state index contributed by atoms with van der Waals surface area (Å²) in [5.74, 6) is 0.125. The summed E-state index contributed by atoms with van der Waals surface area (Å²) in [6.07, 6.45) is -0.214. The topological polar surface area (TPSA) is 104 Å². The molecule has 214 valence electrons. The maximum atomic E-state index is 15.4. The molecule has 1 aliphatic heterocycles. The van der Waals surface area contributed by atoms with Crippen LogP contribution in [0.2, 0.25) is 0 Å². The fourth-order valence-electron chi connectivity index (χ4n) is 5.13. The van der Waals surface area contributed by atoms with Crippen LogP contribution in [0.3, 0.4) is 0 Å². The highest BCUT2D eigenvalue weighted by molar-refractivity contribution is 5.94. The van der Waals surface area contributed by atoms with Gasteiger partial charge in [-0.25, -0.2) is 24.0 Å². The van der Waals surface area contributed by atoms with E-state index in [0.717, 1.165) is 24.7 Å². The molecule has 1 atom stereocenters. The van der Waals surface area contributed by atoms with Gasteiger partial charge < -0.3 is 9.30 Å². The van der Waals surface area contributed by atoms with Gasteiger partial charge in [0.1, 0.15) is 23.5 Å². The molecule has 10 nitrogen and oxygen atoms in total. The minimum atomic E-state index is -4.65. The molecular formula is C27H26F4N8O2. The first-order valence-corrected chi connectivity index (χ1v) is 13.2. The highest BCUT2D eigenvalue weighted by Crippen LogP contribution is 2.45. The molecular weight excluding hydrogens is 544 g/mol. The number of hydrogen-bond donors (Lipinski definition) is 0. The Balaban J connectivity index is 1.36. The molecule has 4 aromatic rings. The van der Waals surface area contributed by atoms with Crippen molar-refractivity contribution in [2.45, 2.75) is 64.3 Å². The van der Waals surface area contributed by atoms with Crippen LogP contribution in [-0.2, 0) is 24.1 Å². The Morgan fingerprint density at radius 1 is 1.17 bits per heavy atom. The third kappa shape index (κ3) is 4.70. The predicted molar refractivity (Wildman–Crippen MR) is 138 cm³/mol. The van der Waals surface area contributed by atoms with E-state index in [1.807, 2.05) is 0 Å². The van der Waals surface area contributed by atoms with Gasteiger partial charge in [0.15, 0.2) is 11.5 Å². The second-order valence-corrected chi connectivity index (χ2v) is 10.0. The first kappa shape index (κ1) is 26.8. The van der Waals surface area contributed by atoms with E-state index in [9.17, 15) is 18.0 Å². The molecule has 1 aliphatic carbocycles. The molecule has 1 amide bonds. The van der Waals surface area contributed by atoms with Crippen molar-refractivity contribution in [3.63, 3.8) is 0 Å². The summed E-state index contributed by atoms with van der Waals surface area (Å²) in [7, 11) is 1.51. The summed E-state index contributed by atoms with van der Waals surface area (Å²) < 4.78 is 63.5. The Morgan fingerprint density at radius 2 is 1.95 bits per heavy atom. The quantitative estimate of drug-likeness (QED) is 0.283. The average molecular weight is 571 g/mol. The lowest BCUT2D eigenvalue weighted by Crippen LogP contribution is -2.39. The molecule has 6 rings (SSSR count). The van der Waals surface area contributed by atoms with Crippen molar-refractivity contribution >= 4 is 11.9 Å². The van der Waals surface area contributed by atoms with Gasteiger partial charge >= 0.3 is 6.18 Å². The van der Waals surface area contributed by atoms with Crippen molar-refractivity contribution in [1.82, 2.24) is 34.3 Å². The van der Waals surface area contributed by atoms with Crippen LogP contribution in [0.25, 0.3) is 22.8 Å². The number of aromatic nitrogens is 7. The van der Waals surface area contributed by atoms with Crippen LogP contribution < -0.4 is 9.64 Å². The number of anilines is 1. The van der Waals surface area contributed by atoms with Crippen molar-refractivity contribution in [2.75, 3.05) is 12.0 Å². The SMILES string of the molecule is CCn1cc(C(F)(F)F)nc1-c1ccc([C@@H](C)N2C(=O)CCn3nc(-c4c(OC)ncnc4C4CC4)nc32)cc1F. The van der Waals surface area contributed by atoms with E-state index in [-0.39, 0.29) is 42.1 Å². The number of carbonyl (C=O) groups excluding carboxylic acids is 1. The average Bonchev–Trinajstić information content (AvgIpc) is 3.55.